The van der Waals surface area contributed by atoms with Gasteiger partial charge in [0.05, 0.1) is 21.9 Å². The summed E-state index contributed by atoms with van der Waals surface area (Å²) in [6, 6.07) is 7.19. The number of nitrogens with two attached hydrogens (primary N) is 1. The summed E-state index contributed by atoms with van der Waals surface area (Å²) in [6.45, 7) is 0. The molecular weight excluding hydrogens is 196 g/mol. The molecule has 2 aromatic rings. The predicted molar refractivity (Wildman–Crippen MR) is 53.5 cm³/mol. The maximum absolute atomic E-state index is 8.83. The molecular formula is C9H4N4S. The van der Waals surface area contributed by atoms with Gasteiger partial charge < -0.3 is 5.73 Å². The second kappa shape index (κ2) is 2.99. The Balaban J connectivity index is 2.89. The van der Waals surface area contributed by atoms with E-state index < -0.39 is 0 Å². The Kier molecular flexibility index (Phi) is 1.81. The van der Waals surface area contributed by atoms with Crippen LogP contribution in [-0.4, -0.2) is 4.98 Å². The van der Waals surface area contributed by atoms with Gasteiger partial charge in [-0.3, -0.25) is 0 Å². The Bertz CT molecular complexity index is 585. The Morgan fingerprint density at radius 3 is 2.71 bits per heavy atom. The van der Waals surface area contributed by atoms with Crippen molar-refractivity contribution in [2.45, 2.75) is 0 Å². The van der Waals surface area contributed by atoms with Gasteiger partial charge in [0, 0.05) is 0 Å². The number of nitrogen functional groups attached to an aromatic ring is 1. The zero-order valence-electron chi connectivity index (χ0n) is 6.98. The van der Waals surface area contributed by atoms with Crippen molar-refractivity contribution in [3.8, 4) is 12.1 Å². The number of benzene rings is 1. The molecule has 0 atom stereocenters. The van der Waals surface area contributed by atoms with E-state index in [1.165, 1.54) is 17.4 Å². The molecule has 1 aromatic heterocycles. The van der Waals surface area contributed by atoms with Gasteiger partial charge in [0.1, 0.15) is 11.6 Å². The summed E-state index contributed by atoms with van der Waals surface area (Å²) >= 11 is 1.28. The van der Waals surface area contributed by atoms with Crippen LogP contribution < -0.4 is 5.73 Å². The number of fused-ring (bicyclic) bond motifs is 1. The second-order valence-corrected chi connectivity index (χ2v) is 3.71. The first kappa shape index (κ1) is 8.49. The fourth-order valence-corrected chi connectivity index (χ4v) is 2.00. The number of aromatic nitrogens is 1. The van der Waals surface area contributed by atoms with Crippen LogP contribution in [-0.2, 0) is 0 Å². The lowest BCUT2D eigenvalue weighted by atomic mass is 10.1. The zero-order valence-corrected chi connectivity index (χ0v) is 7.80. The van der Waals surface area contributed by atoms with E-state index in [-0.39, 0.29) is 0 Å². The number of hydrogen-bond acceptors (Lipinski definition) is 5. The van der Waals surface area contributed by atoms with Gasteiger partial charge in [-0.05, 0) is 12.1 Å². The van der Waals surface area contributed by atoms with Crippen LogP contribution >= 0.6 is 11.3 Å². The first-order chi connectivity index (χ1) is 6.74. The van der Waals surface area contributed by atoms with E-state index in [0.717, 1.165) is 4.70 Å². The molecule has 2 rings (SSSR count). The Hall–Kier alpha value is -2.11. The quantitative estimate of drug-likeness (QED) is 0.700. The lowest BCUT2D eigenvalue weighted by Crippen LogP contribution is -1.83. The zero-order chi connectivity index (χ0) is 10.1. The van der Waals surface area contributed by atoms with Crippen LogP contribution in [0.25, 0.3) is 10.2 Å². The van der Waals surface area contributed by atoms with E-state index in [4.69, 9.17) is 16.3 Å². The molecule has 4 nitrogen and oxygen atoms in total. The molecule has 14 heavy (non-hydrogen) atoms. The third-order valence-corrected chi connectivity index (χ3v) is 2.59. The minimum absolute atomic E-state index is 0.395. The summed E-state index contributed by atoms with van der Waals surface area (Å²) in [5.74, 6) is 0. The van der Waals surface area contributed by atoms with Crippen LogP contribution in [0, 0.1) is 22.7 Å². The van der Waals surface area contributed by atoms with Crippen LogP contribution in [0.2, 0.25) is 0 Å². The third kappa shape index (κ3) is 1.17. The van der Waals surface area contributed by atoms with E-state index >= 15 is 0 Å². The number of hydrogen-bond donors (Lipinski definition) is 1. The predicted octanol–water partition coefficient (Wildman–Crippen LogP) is 1.62. The van der Waals surface area contributed by atoms with E-state index in [2.05, 4.69) is 4.98 Å². The number of rotatable bonds is 0. The van der Waals surface area contributed by atoms with Crippen molar-refractivity contribution in [2.75, 3.05) is 5.73 Å². The Morgan fingerprint density at radius 1 is 1.29 bits per heavy atom. The summed E-state index contributed by atoms with van der Waals surface area (Å²) < 4.78 is 0.776. The van der Waals surface area contributed by atoms with Gasteiger partial charge in [0.15, 0.2) is 5.13 Å². The molecule has 1 heterocycles. The number of anilines is 1. The summed E-state index contributed by atoms with van der Waals surface area (Å²) in [7, 11) is 0. The van der Waals surface area contributed by atoms with Gasteiger partial charge in [-0.2, -0.15) is 10.5 Å². The summed E-state index contributed by atoms with van der Waals surface area (Å²) in [6.07, 6.45) is 0. The van der Waals surface area contributed by atoms with Crippen molar-refractivity contribution in [2.24, 2.45) is 0 Å². The molecule has 0 fully saturated rings. The Labute approximate surface area is 83.8 Å². The van der Waals surface area contributed by atoms with Gasteiger partial charge in [-0.25, -0.2) is 4.98 Å². The number of nitriles is 2. The van der Waals surface area contributed by atoms with Crippen LogP contribution in [0.15, 0.2) is 12.1 Å². The molecule has 0 aliphatic carbocycles. The highest BCUT2D eigenvalue weighted by Crippen LogP contribution is 2.27. The largest absolute Gasteiger partial charge is 0.375 e. The van der Waals surface area contributed by atoms with Crippen molar-refractivity contribution < 1.29 is 0 Å². The first-order valence-electron chi connectivity index (χ1n) is 3.75. The summed E-state index contributed by atoms with van der Waals surface area (Å²) in [5.41, 5.74) is 6.95. The molecule has 0 saturated carbocycles. The second-order valence-electron chi connectivity index (χ2n) is 2.65. The number of nitrogens with zero attached hydrogens (tertiary/aromatic N) is 3. The molecule has 0 aliphatic heterocycles. The lowest BCUT2D eigenvalue weighted by Gasteiger charge is -1.91. The van der Waals surface area contributed by atoms with Crippen LogP contribution in [0.5, 0.6) is 0 Å². The van der Waals surface area contributed by atoms with Gasteiger partial charge >= 0.3 is 0 Å². The molecule has 0 unspecified atom stereocenters. The highest BCUT2D eigenvalue weighted by Gasteiger charge is 2.08. The van der Waals surface area contributed by atoms with Crippen LogP contribution in [0.3, 0.4) is 0 Å². The summed E-state index contributed by atoms with van der Waals surface area (Å²) in [4.78, 5) is 4.02. The Morgan fingerprint density at radius 2 is 2.07 bits per heavy atom. The molecule has 0 radical (unpaired) electrons. The average Bonchev–Trinajstić information content (AvgIpc) is 2.56. The molecule has 66 valence electrons. The maximum atomic E-state index is 8.83. The molecule has 0 spiro atoms. The molecule has 0 bridgehead atoms. The SMILES string of the molecule is N#Cc1cc(C#N)c2nc(N)sc2c1. The van der Waals surface area contributed by atoms with Crippen molar-refractivity contribution in [1.82, 2.24) is 4.98 Å². The average molecular weight is 200 g/mol. The van der Waals surface area contributed by atoms with Crippen molar-refractivity contribution in [1.29, 1.82) is 10.5 Å². The highest BCUT2D eigenvalue weighted by atomic mass is 32.1. The van der Waals surface area contributed by atoms with Crippen molar-refractivity contribution in [3.05, 3.63) is 23.3 Å². The van der Waals surface area contributed by atoms with Crippen LogP contribution in [0.4, 0.5) is 5.13 Å². The molecule has 5 heteroatoms. The fourth-order valence-electron chi connectivity index (χ4n) is 1.20. The van der Waals surface area contributed by atoms with Gasteiger partial charge in [-0.15, -0.1) is 0 Å². The molecule has 0 aliphatic rings. The third-order valence-electron chi connectivity index (χ3n) is 1.76. The highest BCUT2D eigenvalue weighted by molar-refractivity contribution is 7.22. The first-order valence-corrected chi connectivity index (χ1v) is 4.56. The topological polar surface area (TPSA) is 86.5 Å². The molecule has 2 N–H and O–H groups in total. The van der Waals surface area contributed by atoms with Crippen molar-refractivity contribution in [3.63, 3.8) is 0 Å². The van der Waals surface area contributed by atoms with Crippen molar-refractivity contribution >= 4 is 26.7 Å². The van der Waals surface area contributed by atoms with E-state index in [1.54, 1.807) is 6.07 Å². The summed E-state index contributed by atoms with van der Waals surface area (Å²) in [5, 5.41) is 18.0. The number of thiazole rings is 1. The molecule has 0 saturated heterocycles. The van der Waals surface area contributed by atoms with Gasteiger partial charge in [0.2, 0.25) is 0 Å². The fraction of sp³-hybridized carbons (Fsp3) is 0. The monoisotopic (exact) mass is 200 g/mol. The normalized spacial score (nSPS) is 9.57. The molecule has 1 aromatic carbocycles. The van der Waals surface area contributed by atoms with E-state index in [1.807, 2.05) is 12.1 Å². The smallest absolute Gasteiger partial charge is 0.181 e. The van der Waals surface area contributed by atoms with Gasteiger partial charge in [-0.1, -0.05) is 11.3 Å². The van der Waals surface area contributed by atoms with E-state index in [9.17, 15) is 0 Å². The maximum Gasteiger partial charge on any atom is 0.181 e. The van der Waals surface area contributed by atoms with Gasteiger partial charge in [0.25, 0.3) is 0 Å². The van der Waals surface area contributed by atoms with E-state index in [0.29, 0.717) is 21.8 Å². The minimum Gasteiger partial charge on any atom is -0.375 e. The minimum atomic E-state index is 0.395. The lowest BCUT2D eigenvalue weighted by molar-refractivity contribution is 1.43. The van der Waals surface area contributed by atoms with Crippen LogP contribution in [0.1, 0.15) is 11.1 Å². The molecule has 0 amide bonds. The standard InChI is InChI=1S/C9H4N4S/c10-3-5-1-6(4-11)8-7(2-5)14-9(12)13-8/h1-2H,(H2,12,13).